The summed E-state index contributed by atoms with van der Waals surface area (Å²) in [6.45, 7) is 2.04. The van der Waals surface area contributed by atoms with Crippen molar-refractivity contribution in [1.29, 1.82) is 0 Å². The van der Waals surface area contributed by atoms with Crippen LogP contribution >= 0.6 is 0 Å². The molecule has 0 spiro atoms. The van der Waals surface area contributed by atoms with Gasteiger partial charge in [-0.25, -0.2) is 4.39 Å². The van der Waals surface area contributed by atoms with Gasteiger partial charge < -0.3 is 11.1 Å². The molecule has 172 valence electrons. The Morgan fingerprint density at radius 1 is 0.971 bits per heavy atom. The van der Waals surface area contributed by atoms with Crippen LogP contribution in [-0.2, 0) is 19.3 Å². The van der Waals surface area contributed by atoms with Crippen LogP contribution in [0.3, 0.4) is 0 Å². The quantitative estimate of drug-likeness (QED) is 0.362. The van der Waals surface area contributed by atoms with Crippen LogP contribution in [0.2, 0.25) is 0 Å². The van der Waals surface area contributed by atoms with E-state index in [4.69, 9.17) is 5.73 Å². The minimum atomic E-state index is -0.512. The third kappa shape index (κ3) is 5.56. The number of nitrogens with two attached hydrogens (primary N) is 1. The molecule has 1 heterocycles. The van der Waals surface area contributed by atoms with Crippen molar-refractivity contribution in [2.45, 2.75) is 26.2 Å². The fourth-order valence-corrected chi connectivity index (χ4v) is 3.78. The van der Waals surface area contributed by atoms with E-state index in [0.29, 0.717) is 35.5 Å². The van der Waals surface area contributed by atoms with Crippen LogP contribution in [0.4, 0.5) is 10.1 Å². The zero-order chi connectivity index (χ0) is 24.1. The van der Waals surface area contributed by atoms with E-state index in [2.05, 4.69) is 39.8 Å². The minimum absolute atomic E-state index is 0.241. The molecule has 7 heteroatoms. The number of hydrogen-bond acceptors (Lipinski definition) is 3. The van der Waals surface area contributed by atoms with Crippen LogP contribution in [0, 0.1) is 12.7 Å². The van der Waals surface area contributed by atoms with Crippen molar-refractivity contribution in [1.82, 2.24) is 10.2 Å². The highest BCUT2D eigenvalue weighted by Crippen LogP contribution is 2.19. The number of carbonyl (C=O) groups excluding carboxylic acids is 2. The van der Waals surface area contributed by atoms with Crippen LogP contribution < -0.4 is 11.1 Å². The zero-order valence-electron chi connectivity index (χ0n) is 18.8. The number of aromatic amines is 1. The van der Waals surface area contributed by atoms with E-state index in [0.717, 1.165) is 12.0 Å². The van der Waals surface area contributed by atoms with Gasteiger partial charge in [0, 0.05) is 17.7 Å². The molecule has 0 aliphatic heterocycles. The number of anilines is 1. The summed E-state index contributed by atoms with van der Waals surface area (Å²) in [6, 6.07) is 21.0. The molecule has 0 saturated carbocycles. The highest BCUT2D eigenvalue weighted by Gasteiger charge is 2.18. The Balaban J connectivity index is 1.43. The highest BCUT2D eigenvalue weighted by atomic mass is 19.1. The van der Waals surface area contributed by atoms with Gasteiger partial charge in [-0.15, -0.1) is 0 Å². The van der Waals surface area contributed by atoms with E-state index >= 15 is 0 Å². The predicted molar refractivity (Wildman–Crippen MR) is 129 cm³/mol. The monoisotopic (exact) mass is 456 g/mol. The second-order valence-corrected chi connectivity index (χ2v) is 8.21. The first-order chi connectivity index (χ1) is 16.4. The second-order valence-electron chi connectivity index (χ2n) is 8.21. The number of aryl methyl sites for hydroxylation is 3. The molecular weight excluding hydrogens is 431 g/mol. The second kappa shape index (κ2) is 10.1. The number of rotatable bonds is 8. The maximum absolute atomic E-state index is 13.3. The van der Waals surface area contributed by atoms with Crippen molar-refractivity contribution in [3.63, 3.8) is 0 Å². The first-order valence-electron chi connectivity index (χ1n) is 11.0. The SMILES string of the molecule is Cc1ccc(CCc2n[nH]c(Cc3ccc(NC(=O)c4cccc(F)c4)cc3)c2C(N)=O)cc1. The van der Waals surface area contributed by atoms with E-state index in [1.807, 2.05) is 19.1 Å². The van der Waals surface area contributed by atoms with E-state index < -0.39 is 17.6 Å². The van der Waals surface area contributed by atoms with Gasteiger partial charge >= 0.3 is 0 Å². The standard InChI is InChI=1S/C27H25FN4O2/c1-17-5-7-18(8-6-17)11-14-23-25(26(29)33)24(32-31-23)15-19-9-12-22(13-10-19)30-27(34)20-3-2-4-21(28)16-20/h2-10,12-13,16H,11,14-15H2,1H3,(H2,29,33)(H,30,34)(H,31,32). The van der Waals surface area contributed by atoms with E-state index in [-0.39, 0.29) is 5.56 Å². The van der Waals surface area contributed by atoms with Gasteiger partial charge in [0.05, 0.1) is 17.0 Å². The van der Waals surface area contributed by atoms with Crippen molar-refractivity contribution >= 4 is 17.5 Å². The molecule has 3 aromatic carbocycles. The molecule has 0 bridgehead atoms. The van der Waals surface area contributed by atoms with Crippen LogP contribution in [0.1, 0.15) is 48.8 Å². The van der Waals surface area contributed by atoms with Gasteiger partial charge in [-0.3, -0.25) is 14.7 Å². The van der Waals surface area contributed by atoms with Gasteiger partial charge in [0.25, 0.3) is 11.8 Å². The van der Waals surface area contributed by atoms with Crippen LogP contribution in [0.25, 0.3) is 0 Å². The summed E-state index contributed by atoms with van der Waals surface area (Å²) in [6.07, 6.45) is 1.79. The minimum Gasteiger partial charge on any atom is -0.365 e. The lowest BCUT2D eigenvalue weighted by molar-refractivity contribution is 0.0996. The molecule has 0 radical (unpaired) electrons. The van der Waals surface area contributed by atoms with Crippen LogP contribution in [0.15, 0.2) is 72.8 Å². The predicted octanol–water partition coefficient (Wildman–Crippen LogP) is 4.58. The van der Waals surface area contributed by atoms with Gasteiger partial charge in [-0.2, -0.15) is 5.10 Å². The average Bonchev–Trinajstić information content (AvgIpc) is 3.22. The molecule has 4 aromatic rings. The molecule has 1 aromatic heterocycles. The van der Waals surface area contributed by atoms with Crippen LogP contribution in [0.5, 0.6) is 0 Å². The fraction of sp³-hybridized carbons (Fsp3) is 0.148. The molecule has 0 aliphatic carbocycles. The Bertz CT molecular complexity index is 1310. The lowest BCUT2D eigenvalue weighted by Gasteiger charge is -2.07. The Labute approximate surface area is 197 Å². The van der Waals surface area contributed by atoms with Gasteiger partial charge in [0.2, 0.25) is 0 Å². The molecule has 0 saturated heterocycles. The third-order valence-corrected chi connectivity index (χ3v) is 5.61. The fourth-order valence-electron chi connectivity index (χ4n) is 3.78. The van der Waals surface area contributed by atoms with Crippen molar-refractivity contribution in [2.75, 3.05) is 5.32 Å². The summed E-state index contributed by atoms with van der Waals surface area (Å²) >= 11 is 0. The van der Waals surface area contributed by atoms with E-state index in [9.17, 15) is 14.0 Å². The summed E-state index contributed by atoms with van der Waals surface area (Å²) in [7, 11) is 0. The zero-order valence-corrected chi connectivity index (χ0v) is 18.8. The molecule has 2 amide bonds. The summed E-state index contributed by atoms with van der Waals surface area (Å²) in [4.78, 5) is 24.5. The number of primary amides is 1. The lowest BCUT2D eigenvalue weighted by Crippen LogP contribution is -2.15. The molecule has 0 fully saturated rings. The van der Waals surface area contributed by atoms with Gasteiger partial charge in [0.15, 0.2) is 0 Å². The number of carbonyl (C=O) groups is 2. The number of aromatic nitrogens is 2. The number of nitrogens with zero attached hydrogens (tertiary/aromatic N) is 1. The number of hydrogen-bond donors (Lipinski definition) is 3. The Morgan fingerprint density at radius 3 is 2.35 bits per heavy atom. The van der Waals surface area contributed by atoms with Crippen molar-refractivity contribution in [3.05, 3.63) is 118 Å². The van der Waals surface area contributed by atoms with Crippen LogP contribution in [-0.4, -0.2) is 22.0 Å². The highest BCUT2D eigenvalue weighted by molar-refractivity contribution is 6.04. The molecule has 0 unspecified atom stereocenters. The summed E-state index contributed by atoms with van der Waals surface area (Å²) in [5, 5.41) is 10.1. The van der Waals surface area contributed by atoms with Gasteiger partial charge in [-0.05, 0) is 61.2 Å². The molecule has 34 heavy (non-hydrogen) atoms. The van der Waals surface area contributed by atoms with Gasteiger partial charge in [0.1, 0.15) is 5.82 Å². The average molecular weight is 457 g/mol. The summed E-state index contributed by atoms with van der Waals surface area (Å²) < 4.78 is 13.3. The lowest BCUT2D eigenvalue weighted by atomic mass is 10.0. The number of benzene rings is 3. The number of amides is 2. The molecule has 0 aliphatic rings. The first-order valence-corrected chi connectivity index (χ1v) is 11.0. The topological polar surface area (TPSA) is 101 Å². The summed E-state index contributed by atoms with van der Waals surface area (Å²) in [5.74, 6) is -1.37. The largest absolute Gasteiger partial charge is 0.365 e. The Hall–Kier alpha value is -4.26. The number of halogens is 1. The third-order valence-electron chi connectivity index (χ3n) is 5.61. The molecule has 0 atom stereocenters. The maximum Gasteiger partial charge on any atom is 0.255 e. The van der Waals surface area contributed by atoms with Crippen molar-refractivity contribution in [2.24, 2.45) is 5.73 Å². The Morgan fingerprint density at radius 2 is 1.68 bits per heavy atom. The smallest absolute Gasteiger partial charge is 0.255 e. The normalized spacial score (nSPS) is 10.8. The molecule has 4 rings (SSSR count). The first kappa shape index (κ1) is 22.9. The Kier molecular flexibility index (Phi) is 6.82. The number of H-pyrrole nitrogens is 1. The van der Waals surface area contributed by atoms with Gasteiger partial charge in [-0.1, -0.05) is 48.0 Å². The van der Waals surface area contributed by atoms with E-state index in [1.54, 1.807) is 18.2 Å². The maximum atomic E-state index is 13.3. The van der Waals surface area contributed by atoms with E-state index in [1.165, 1.54) is 29.3 Å². The molecule has 4 N–H and O–H groups in total. The van der Waals surface area contributed by atoms with Crippen molar-refractivity contribution < 1.29 is 14.0 Å². The van der Waals surface area contributed by atoms with Crippen molar-refractivity contribution in [3.8, 4) is 0 Å². The summed E-state index contributed by atoms with van der Waals surface area (Å²) in [5.41, 5.74) is 11.5. The molecular formula is C27H25FN4O2. The molecule has 6 nitrogen and oxygen atoms in total. The number of nitrogens with one attached hydrogen (secondary N) is 2.